The zero-order chi connectivity index (χ0) is 14.7. The minimum absolute atomic E-state index is 0.0604. The van der Waals surface area contributed by atoms with Crippen molar-refractivity contribution in [2.45, 2.75) is 26.8 Å². The highest BCUT2D eigenvalue weighted by Gasteiger charge is 2.10. The molecule has 2 rings (SSSR count). The van der Waals surface area contributed by atoms with E-state index in [-0.39, 0.29) is 11.7 Å². The van der Waals surface area contributed by atoms with Crippen LogP contribution >= 0.6 is 0 Å². The summed E-state index contributed by atoms with van der Waals surface area (Å²) in [5.41, 5.74) is 3.55. The topological polar surface area (TPSA) is 75.1 Å². The molecule has 0 bridgehead atoms. The number of aromatic carboxylic acids is 1. The highest BCUT2D eigenvalue weighted by Crippen LogP contribution is 2.21. The molecule has 1 unspecified atom stereocenters. The molecule has 0 saturated carbocycles. The van der Waals surface area contributed by atoms with Gasteiger partial charge >= 0.3 is 5.97 Å². The molecule has 2 aromatic rings. The summed E-state index contributed by atoms with van der Waals surface area (Å²) in [4.78, 5) is 18.6. The second kappa shape index (κ2) is 5.69. The van der Waals surface area contributed by atoms with Gasteiger partial charge in [0.25, 0.3) is 0 Å². The number of aromatic nitrogens is 2. The van der Waals surface area contributed by atoms with E-state index in [4.69, 9.17) is 5.11 Å². The van der Waals surface area contributed by atoms with E-state index in [0.717, 1.165) is 0 Å². The second-order valence-corrected chi connectivity index (χ2v) is 4.82. The number of nitrogens with one attached hydrogen (secondary N) is 1. The van der Waals surface area contributed by atoms with Crippen LogP contribution in [0, 0.1) is 13.8 Å². The summed E-state index contributed by atoms with van der Waals surface area (Å²) in [6.07, 6.45) is 2.68. The highest BCUT2D eigenvalue weighted by molar-refractivity contribution is 5.84. The molecular formula is C15H17N3O2. The van der Waals surface area contributed by atoms with Crippen molar-refractivity contribution >= 4 is 11.8 Å². The Kier molecular flexibility index (Phi) is 3.98. The first-order chi connectivity index (χ1) is 9.47. The van der Waals surface area contributed by atoms with Crippen molar-refractivity contribution in [1.82, 2.24) is 9.97 Å². The van der Waals surface area contributed by atoms with Gasteiger partial charge in [-0.2, -0.15) is 0 Å². The van der Waals surface area contributed by atoms with Gasteiger partial charge in [0.2, 0.25) is 0 Å². The molecular weight excluding hydrogens is 254 g/mol. The summed E-state index contributed by atoms with van der Waals surface area (Å²) in [5.74, 6) is -0.519. The summed E-state index contributed by atoms with van der Waals surface area (Å²) in [6.45, 7) is 6.16. The molecule has 2 N–H and O–H groups in total. The summed E-state index contributed by atoms with van der Waals surface area (Å²) >= 11 is 0. The Bertz CT molecular complexity index is 624. The lowest BCUT2D eigenvalue weighted by Gasteiger charge is -2.17. The third-order valence-corrected chi connectivity index (χ3v) is 3.13. The zero-order valence-electron chi connectivity index (χ0n) is 11.7. The maximum absolute atomic E-state index is 10.7. The molecule has 0 aliphatic rings. The van der Waals surface area contributed by atoms with Crippen LogP contribution in [0.3, 0.4) is 0 Å². The lowest BCUT2D eigenvalue weighted by atomic mass is 10.0. The number of carboxylic acid groups (broad SMARTS) is 1. The Hall–Kier alpha value is -2.43. The Morgan fingerprint density at radius 2 is 2.00 bits per heavy atom. The number of rotatable bonds is 4. The first-order valence-corrected chi connectivity index (χ1v) is 6.36. The van der Waals surface area contributed by atoms with Gasteiger partial charge in [0.05, 0.1) is 18.4 Å². The number of nitrogens with zero attached hydrogens (tertiary/aromatic N) is 2. The number of carboxylic acids is 1. The number of benzene rings is 1. The number of carbonyl (C=O) groups is 1. The smallest absolute Gasteiger partial charge is 0.356 e. The predicted octanol–water partition coefficient (Wildman–Crippen LogP) is 2.96. The van der Waals surface area contributed by atoms with Gasteiger partial charge < -0.3 is 10.4 Å². The highest BCUT2D eigenvalue weighted by atomic mass is 16.4. The minimum Gasteiger partial charge on any atom is -0.476 e. The first kappa shape index (κ1) is 14.0. The van der Waals surface area contributed by atoms with E-state index in [0.29, 0.717) is 5.82 Å². The number of aryl methyl sites for hydroxylation is 2. The molecule has 1 aromatic carbocycles. The summed E-state index contributed by atoms with van der Waals surface area (Å²) < 4.78 is 0. The van der Waals surface area contributed by atoms with Gasteiger partial charge in [-0.05, 0) is 31.9 Å². The fourth-order valence-electron chi connectivity index (χ4n) is 2.12. The fourth-order valence-corrected chi connectivity index (χ4v) is 2.12. The lowest BCUT2D eigenvalue weighted by Crippen LogP contribution is -2.11. The van der Waals surface area contributed by atoms with E-state index >= 15 is 0 Å². The van der Waals surface area contributed by atoms with Crippen LogP contribution in [-0.4, -0.2) is 21.0 Å². The summed E-state index contributed by atoms with van der Waals surface area (Å²) in [7, 11) is 0. The van der Waals surface area contributed by atoms with Gasteiger partial charge in [-0.15, -0.1) is 0 Å². The van der Waals surface area contributed by atoms with Crippen molar-refractivity contribution < 1.29 is 9.90 Å². The van der Waals surface area contributed by atoms with Gasteiger partial charge in [-0.25, -0.2) is 14.8 Å². The van der Waals surface area contributed by atoms with Gasteiger partial charge in [-0.1, -0.05) is 23.8 Å². The van der Waals surface area contributed by atoms with Crippen LogP contribution in [0.15, 0.2) is 30.6 Å². The van der Waals surface area contributed by atoms with E-state index in [1.54, 1.807) is 0 Å². The molecule has 0 spiro atoms. The van der Waals surface area contributed by atoms with Gasteiger partial charge in [0.1, 0.15) is 5.82 Å². The van der Waals surface area contributed by atoms with Crippen LogP contribution < -0.4 is 5.32 Å². The van der Waals surface area contributed by atoms with Crippen LogP contribution in [0.4, 0.5) is 5.82 Å². The Morgan fingerprint density at radius 1 is 1.25 bits per heavy atom. The first-order valence-electron chi connectivity index (χ1n) is 6.36. The van der Waals surface area contributed by atoms with Crippen LogP contribution in [-0.2, 0) is 0 Å². The van der Waals surface area contributed by atoms with Crippen LogP contribution in [0.2, 0.25) is 0 Å². The molecule has 5 nitrogen and oxygen atoms in total. The third kappa shape index (κ3) is 3.12. The van der Waals surface area contributed by atoms with Crippen molar-refractivity contribution in [3.63, 3.8) is 0 Å². The Balaban J connectivity index is 2.14. The van der Waals surface area contributed by atoms with Crippen LogP contribution in [0.1, 0.15) is 40.1 Å². The molecule has 20 heavy (non-hydrogen) atoms. The molecule has 5 heteroatoms. The van der Waals surface area contributed by atoms with E-state index in [1.165, 1.54) is 29.1 Å². The fraction of sp³-hybridized carbons (Fsp3) is 0.267. The third-order valence-electron chi connectivity index (χ3n) is 3.13. The van der Waals surface area contributed by atoms with Crippen molar-refractivity contribution in [1.29, 1.82) is 0 Å². The van der Waals surface area contributed by atoms with E-state index in [2.05, 4.69) is 47.3 Å². The maximum atomic E-state index is 10.7. The van der Waals surface area contributed by atoms with E-state index in [1.807, 2.05) is 6.92 Å². The molecule has 0 aliphatic carbocycles. The average Bonchev–Trinajstić information content (AvgIpc) is 2.39. The molecule has 0 aliphatic heterocycles. The van der Waals surface area contributed by atoms with Crippen molar-refractivity contribution in [3.05, 3.63) is 53.0 Å². The van der Waals surface area contributed by atoms with Gasteiger partial charge in [0.15, 0.2) is 5.69 Å². The van der Waals surface area contributed by atoms with Crippen molar-refractivity contribution in [3.8, 4) is 0 Å². The monoisotopic (exact) mass is 271 g/mol. The van der Waals surface area contributed by atoms with Crippen LogP contribution in [0.5, 0.6) is 0 Å². The zero-order valence-corrected chi connectivity index (χ0v) is 11.7. The van der Waals surface area contributed by atoms with Crippen molar-refractivity contribution in [2.75, 3.05) is 5.32 Å². The van der Waals surface area contributed by atoms with Crippen molar-refractivity contribution in [2.24, 2.45) is 0 Å². The largest absolute Gasteiger partial charge is 0.476 e. The van der Waals surface area contributed by atoms with Crippen LogP contribution in [0.25, 0.3) is 0 Å². The lowest BCUT2D eigenvalue weighted by molar-refractivity contribution is 0.0690. The number of hydrogen-bond donors (Lipinski definition) is 2. The predicted molar refractivity (Wildman–Crippen MR) is 76.9 cm³/mol. The van der Waals surface area contributed by atoms with E-state index in [9.17, 15) is 4.79 Å². The summed E-state index contributed by atoms with van der Waals surface area (Å²) in [5, 5.41) is 12.0. The quantitative estimate of drug-likeness (QED) is 0.894. The number of anilines is 1. The van der Waals surface area contributed by atoms with Gasteiger partial charge in [-0.3, -0.25) is 0 Å². The minimum atomic E-state index is -1.08. The normalized spacial score (nSPS) is 11.9. The molecule has 104 valence electrons. The van der Waals surface area contributed by atoms with Gasteiger partial charge in [0, 0.05) is 0 Å². The number of hydrogen-bond acceptors (Lipinski definition) is 4. The molecule has 0 fully saturated rings. The second-order valence-electron chi connectivity index (χ2n) is 4.82. The standard InChI is InChI=1S/C15H17N3O2/c1-9-4-5-12(10(2)6-9)11(3)18-14-8-16-13(7-17-14)15(19)20/h4-8,11H,1-3H3,(H,17,18)(H,19,20). The average molecular weight is 271 g/mol. The Morgan fingerprint density at radius 3 is 2.55 bits per heavy atom. The SMILES string of the molecule is Cc1ccc(C(C)Nc2cnc(C(=O)O)cn2)c(C)c1. The molecule has 0 saturated heterocycles. The molecule has 0 amide bonds. The molecule has 1 aromatic heterocycles. The van der Waals surface area contributed by atoms with E-state index < -0.39 is 5.97 Å². The molecule has 0 radical (unpaired) electrons. The Labute approximate surface area is 117 Å². The molecule has 1 atom stereocenters. The summed E-state index contributed by atoms with van der Waals surface area (Å²) in [6, 6.07) is 6.36. The molecule has 1 heterocycles. The maximum Gasteiger partial charge on any atom is 0.356 e.